The van der Waals surface area contributed by atoms with E-state index in [1.165, 1.54) is 35.2 Å². The lowest BCUT2D eigenvalue weighted by molar-refractivity contribution is -0.137. The van der Waals surface area contributed by atoms with Crippen LogP contribution in [0.4, 0.5) is 18.0 Å². The zero-order chi connectivity index (χ0) is 27.7. The number of benzene rings is 2. The Morgan fingerprint density at radius 1 is 1.08 bits per heavy atom. The van der Waals surface area contributed by atoms with Crippen LogP contribution in [0.1, 0.15) is 28.5 Å². The second-order valence-electron chi connectivity index (χ2n) is 9.36. The summed E-state index contributed by atoms with van der Waals surface area (Å²) in [4.78, 5) is 42.8. The third-order valence-electron chi connectivity index (χ3n) is 6.93. The van der Waals surface area contributed by atoms with Gasteiger partial charge in [0.25, 0.3) is 5.91 Å². The van der Waals surface area contributed by atoms with Crippen molar-refractivity contribution in [3.63, 3.8) is 0 Å². The van der Waals surface area contributed by atoms with Crippen LogP contribution in [0.5, 0.6) is 0 Å². The fraction of sp³-hybridized carbons (Fsp3) is 0.250. The van der Waals surface area contributed by atoms with Gasteiger partial charge < -0.3 is 20.0 Å². The number of furan rings is 1. The zero-order valence-electron chi connectivity index (χ0n) is 20.9. The van der Waals surface area contributed by atoms with Crippen molar-refractivity contribution in [2.24, 2.45) is 0 Å². The Morgan fingerprint density at radius 3 is 2.44 bits per heavy atom. The Morgan fingerprint density at radius 2 is 1.79 bits per heavy atom. The van der Waals surface area contributed by atoms with Crippen molar-refractivity contribution in [2.75, 3.05) is 13.6 Å². The molecule has 2 aromatic carbocycles. The van der Waals surface area contributed by atoms with Gasteiger partial charge in [-0.1, -0.05) is 42.5 Å². The van der Waals surface area contributed by atoms with Gasteiger partial charge in [-0.2, -0.15) is 13.2 Å². The van der Waals surface area contributed by atoms with Crippen LogP contribution in [-0.4, -0.2) is 47.3 Å². The Bertz CT molecular complexity index is 1400. The maximum atomic E-state index is 13.9. The number of amides is 4. The molecular weight excluding hydrogens is 513 g/mol. The third-order valence-corrected chi connectivity index (χ3v) is 6.93. The fourth-order valence-corrected chi connectivity index (χ4v) is 4.84. The second kappa shape index (κ2) is 10.3. The van der Waals surface area contributed by atoms with Crippen LogP contribution in [0.25, 0.3) is 0 Å². The average Bonchev–Trinajstić information content (AvgIpc) is 3.56. The highest BCUT2D eigenvalue weighted by molar-refractivity contribution is 6.03. The summed E-state index contributed by atoms with van der Waals surface area (Å²) >= 11 is 0. The number of nitrogens with zero attached hydrogens (tertiary/aromatic N) is 2. The van der Waals surface area contributed by atoms with E-state index in [1.54, 1.807) is 12.1 Å². The van der Waals surface area contributed by atoms with E-state index in [2.05, 4.69) is 10.6 Å². The predicted molar refractivity (Wildman–Crippen MR) is 134 cm³/mol. The van der Waals surface area contributed by atoms with Gasteiger partial charge in [-0.3, -0.25) is 14.5 Å². The van der Waals surface area contributed by atoms with E-state index in [1.807, 2.05) is 30.3 Å². The summed E-state index contributed by atoms with van der Waals surface area (Å²) in [5.74, 6) is -0.337. The van der Waals surface area contributed by atoms with Gasteiger partial charge in [0.15, 0.2) is 0 Å². The highest BCUT2D eigenvalue weighted by atomic mass is 19.4. The lowest BCUT2D eigenvalue weighted by Crippen LogP contribution is -2.49. The quantitative estimate of drug-likeness (QED) is 0.475. The lowest BCUT2D eigenvalue weighted by atomic mass is 9.94. The molecule has 1 aromatic heterocycles. The van der Waals surface area contributed by atoms with E-state index in [-0.39, 0.29) is 25.1 Å². The van der Waals surface area contributed by atoms with Crippen LogP contribution in [0.2, 0.25) is 0 Å². The predicted octanol–water partition coefficient (Wildman–Crippen LogP) is 4.02. The van der Waals surface area contributed by atoms with Crippen molar-refractivity contribution in [3.8, 4) is 0 Å². The zero-order valence-corrected chi connectivity index (χ0v) is 20.9. The van der Waals surface area contributed by atoms with E-state index < -0.39 is 41.7 Å². The van der Waals surface area contributed by atoms with Crippen LogP contribution < -0.4 is 10.6 Å². The molecule has 0 saturated carbocycles. The Labute approximate surface area is 222 Å². The van der Waals surface area contributed by atoms with Crippen molar-refractivity contribution in [2.45, 2.75) is 31.2 Å². The van der Waals surface area contributed by atoms with Crippen LogP contribution in [-0.2, 0) is 28.7 Å². The average molecular weight is 539 g/mol. The molecule has 0 aliphatic carbocycles. The molecule has 2 aliphatic rings. The molecule has 2 aliphatic heterocycles. The second-order valence-corrected chi connectivity index (χ2v) is 9.36. The molecule has 3 aromatic rings. The smallest absolute Gasteiger partial charge is 0.416 e. The van der Waals surface area contributed by atoms with Crippen molar-refractivity contribution in [1.82, 2.24) is 20.4 Å². The number of likely N-dealkylation sites (N-methyl/N-ethyl adjacent to an activating group) is 1. The first kappa shape index (κ1) is 26.1. The van der Waals surface area contributed by atoms with E-state index in [9.17, 15) is 27.6 Å². The van der Waals surface area contributed by atoms with Gasteiger partial charge >= 0.3 is 12.2 Å². The number of rotatable bonds is 7. The van der Waals surface area contributed by atoms with Crippen molar-refractivity contribution < 1.29 is 32.0 Å². The molecule has 202 valence electrons. The van der Waals surface area contributed by atoms with Crippen molar-refractivity contribution >= 4 is 17.8 Å². The summed E-state index contributed by atoms with van der Waals surface area (Å²) in [5, 5.41) is 5.53. The molecule has 5 rings (SSSR count). The monoisotopic (exact) mass is 538 g/mol. The largest absolute Gasteiger partial charge is 0.467 e. The minimum atomic E-state index is -4.52. The van der Waals surface area contributed by atoms with E-state index in [4.69, 9.17) is 4.42 Å². The normalized spacial score (nSPS) is 18.2. The number of carbonyl (C=O) groups excluding carboxylic acids is 3. The first-order valence-corrected chi connectivity index (χ1v) is 12.2. The first-order valence-electron chi connectivity index (χ1n) is 12.2. The summed E-state index contributed by atoms with van der Waals surface area (Å²) in [6.45, 7) is 0.112. The summed E-state index contributed by atoms with van der Waals surface area (Å²) in [5.41, 5.74) is 0.929. The molecule has 0 spiro atoms. The molecule has 8 nitrogen and oxygen atoms in total. The molecule has 2 atom stereocenters. The van der Waals surface area contributed by atoms with Crippen molar-refractivity contribution in [3.05, 3.63) is 107 Å². The standard InChI is InChI=1S/C28H25F3N4O4/c1-34-22-16-35(21(14-17-6-3-2-4-7-17)25(36)32-15-20-8-5-13-39-20)26(37)23(22)24(33-27(34)38)18-9-11-19(12-10-18)28(29,30)31/h2-13,21,24H,14-16H2,1H3,(H,32,36)(H,33,38)/t21-,24-/m0/s1. The summed E-state index contributed by atoms with van der Waals surface area (Å²) in [6.07, 6.45) is -2.81. The van der Waals surface area contributed by atoms with Crippen molar-refractivity contribution in [1.29, 1.82) is 0 Å². The van der Waals surface area contributed by atoms with Crippen LogP contribution >= 0.6 is 0 Å². The van der Waals surface area contributed by atoms with E-state index in [0.29, 0.717) is 17.0 Å². The van der Waals surface area contributed by atoms with Crippen LogP contribution in [0.15, 0.2) is 88.7 Å². The molecule has 39 heavy (non-hydrogen) atoms. The number of urea groups is 1. The lowest BCUT2D eigenvalue weighted by Gasteiger charge is -2.31. The molecule has 0 saturated heterocycles. The minimum Gasteiger partial charge on any atom is -0.467 e. The molecule has 3 heterocycles. The highest BCUT2D eigenvalue weighted by Crippen LogP contribution is 2.38. The number of alkyl halides is 3. The topological polar surface area (TPSA) is 94.9 Å². The van der Waals surface area contributed by atoms with Gasteiger partial charge in [-0.15, -0.1) is 0 Å². The molecule has 4 amide bonds. The van der Waals surface area contributed by atoms with E-state index >= 15 is 0 Å². The highest BCUT2D eigenvalue weighted by Gasteiger charge is 2.46. The van der Waals surface area contributed by atoms with Gasteiger partial charge in [0.2, 0.25) is 5.91 Å². The number of hydrogen-bond acceptors (Lipinski definition) is 4. The fourth-order valence-electron chi connectivity index (χ4n) is 4.84. The molecular formula is C28H25F3N4O4. The molecule has 0 bridgehead atoms. The maximum Gasteiger partial charge on any atom is 0.416 e. The summed E-state index contributed by atoms with van der Waals surface area (Å²) in [7, 11) is 1.51. The molecule has 11 heteroatoms. The maximum absolute atomic E-state index is 13.9. The minimum absolute atomic E-state index is 0.0130. The Balaban J connectivity index is 1.45. The van der Waals surface area contributed by atoms with Crippen LogP contribution in [0, 0.1) is 0 Å². The number of halogens is 3. The number of hydrogen-bond donors (Lipinski definition) is 2. The van der Waals surface area contributed by atoms with Gasteiger partial charge in [0.1, 0.15) is 11.8 Å². The SMILES string of the molecule is CN1C(=O)N[C@@H](c2ccc(C(F)(F)F)cc2)C2=C1CN([C@@H](Cc1ccccc1)C(=O)NCc1ccco1)C2=O. The number of carbonyl (C=O) groups is 3. The van der Waals surface area contributed by atoms with Gasteiger partial charge in [-0.05, 0) is 35.4 Å². The summed E-state index contributed by atoms with van der Waals surface area (Å²) < 4.78 is 44.6. The molecule has 0 radical (unpaired) electrons. The Hall–Kier alpha value is -4.54. The van der Waals surface area contributed by atoms with Gasteiger partial charge in [0.05, 0.1) is 42.2 Å². The third kappa shape index (κ3) is 5.25. The number of nitrogens with one attached hydrogen (secondary N) is 2. The van der Waals surface area contributed by atoms with E-state index in [0.717, 1.165) is 17.7 Å². The molecule has 0 unspecified atom stereocenters. The summed E-state index contributed by atoms with van der Waals surface area (Å²) in [6, 6.07) is 14.6. The Kier molecular flexibility index (Phi) is 6.90. The first-order chi connectivity index (χ1) is 18.6. The molecule has 0 fully saturated rings. The molecule has 2 N–H and O–H groups in total. The van der Waals surface area contributed by atoms with Gasteiger partial charge in [-0.25, -0.2) is 4.79 Å². The van der Waals surface area contributed by atoms with Gasteiger partial charge in [0, 0.05) is 13.5 Å². The van der Waals surface area contributed by atoms with Crippen LogP contribution in [0.3, 0.4) is 0 Å².